The summed E-state index contributed by atoms with van der Waals surface area (Å²) in [5, 5.41) is 0.551. The van der Waals surface area contributed by atoms with Crippen molar-refractivity contribution in [2.24, 2.45) is 4.99 Å². The summed E-state index contributed by atoms with van der Waals surface area (Å²) in [5.74, 6) is 1.20. The summed E-state index contributed by atoms with van der Waals surface area (Å²) >= 11 is 6.37. The molecule has 0 aromatic heterocycles. The number of hydrogen-bond acceptors (Lipinski definition) is 4. The van der Waals surface area contributed by atoms with Gasteiger partial charge in [-0.2, -0.15) is 4.99 Å². The maximum Gasteiger partial charge on any atom is 0.235 e. The molecule has 4 nitrogen and oxygen atoms in total. The van der Waals surface area contributed by atoms with Gasteiger partial charge in [0.2, 0.25) is 6.08 Å². The Balaban J connectivity index is 2.66. The summed E-state index contributed by atoms with van der Waals surface area (Å²) in [4.78, 5) is 14.9. The molecule has 0 N–H and O–H groups in total. The van der Waals surface area contributed by atoms with E-state index in [1.165, 1.54) is 0 Å². The maximum atomic E-state index is 10.9. The minimum atomic E-state index is -0.627. The van der Waals surface area contributed by atoms with Gasteiger partial charge in [0, 0.05) is 5.56 Å². The topological polar surface area (TPSA) is 47.9 Å². The molecule has 1 fully saturated rings. The third kappa shape index (κ3) is 2.54. The number of aliphatic imine (C=N–C) groups is 1. The molecule has 1 aromatic carbocycles. The standard InChI is InChI=1S/C15H18ClNO3/c1-3-20-14-12(19-2)7-6-11(16)13(14)15(17-10-18)8-4-5-9-15/h6-7H,3-5,8-9H2,1-2H3. The quantitative estimate of drug-likeness (QED) is 0.612. The first-order valence-corrected chi connectivity index (χ1v) is 7.15. The summed E-state index contributed by atoms with van der Waals surface area (Å²) in [6.07, 6.45) is 5.26. The second-order valence-corrected chi connectivity index (χ2v) is 5.24. The summed E-state index contributed by atoms with van der Waals surface area (Å²) in [6, 6.07) is 3.53. The van der Waals surface area contributed by atoms with Crippen molar-refractivity contribution in [2.45, 2.75) is 38.1 Å². The van der Waals surface area contributed by atoms with Crippen LogP contribution in [0.15, 0.2) is 17.1 Å². The predicted molar refractivity (Wildman–Crippen MR) is 77.4 cm³/mol. The maximum absolute atomic E-state index is 10.9. The molecular formula is C15H18ClNO3. The van der Waals surface area contributed by atoms with E-state index in [9.17, 15) is 4.79 Å². The Morgan fingerprint density at radius 1 is 1.40 bits per heavy atom. The molecule has 0 aliphatic heterocycles. The Hall–Kier alpha value is -1.51. The molecule has 0 saturated heterocycles. The molecule has 20 heavy (non-hydrogen) atoms. The van der Waals surface area contributed by atoms with Gasteiger partial charge in [-0.15, -0.1) is 0 Å². The first kappa shape index (κ1) is 14.9. The van der Waals surface area contributed by atoms with Crippen LogP contribution in [0.1, 0.15) is 38.2 Å². The molecule has 108 valence electrons. The van der Waals surface area contributed by atoms with Crippen LogP contribution in [0.25, 0.3) is 0 Å². The molecule has 0 spiro atoms. The molecule has 0 heterocycles. The lowest BCUT2D eigenvalue weighted by Gasteiger charge is -2.27. The van der Waals surface area contributed by atoms with Gasteiger partial charge in [0.05, 0.1) is 18.7 Å². The van der Waals surface area contributed by atoms with Crippen molar-refractivity contribution in [2.75, 3.05) is 13.7 Å². The Morgan fingerprint density at radius 2 is 2.10 bits per heavy atom. The SMILES string of the molecule is CCOc1c(OC)ccc(Cl)c1C1(N=C=O)CCCC1. The lowest BCUT2D eigenvalue weighted by atomic mass is 9.87. The summed E-state index contributed by atoms with van der Waals surface area (Å²) in [7, 11) is 1.58. The van der Waals surface area contributed by atoms with Crippen molar-refractivity contribution >= 4 is 17.7 Å². The number of hydrogen-bond donors (Lipinski definition) is 0. The van der Waals surface area contributed by atoms with E-state index >= 15 is 0 Å². The molecule has 5 heteroatoms. The molecule has 1 aromatic rings. The minimum Gasteiger partial charge on any atom is -0.493 e. The van der Waals surface area contributed by atoms with E-state index in [4.69, 9.17) is 21.1 Å². The van der Waals surface area contributed by atoms with Crippen LogP contribution in [-0.2, 0) is 10.3 Å². The molecule has 0 atom stereocenters. The predicted octanol–water partition coefficient (Wildman–Crippen LogP) is 3.85. The average Bonchev–Trinajstić information content (AvgIpc) is 2.89. The van der Waals surface area contributed by atoms with E-state index < -0.39 is 5.54 Å². The van der Waals surface area contributed by atoms with Crippen molar-refractivity contribution in [3.63, 3.8) is 0 Å². The van der Waals surface area contributed by atoms with Gasteiger partial charge in [-0.25, -0.2) is 4.79 Å². The van der Waals surface area contributed by atoms with Gasteiger partial charge in [-0.1, -0.05) is 24.4 Å². The molecule has 1 saturated carbocycles. The van der Waals surface area contributed by atoms with Gasteiger partial charge in [0.1, 0.15) is 5.54 Å². The third-order valence-electron chi connectivity index (χ3n) is 3.74. The van der Waals surface area contributed by atoms with Crippen LogP contribution in [0.2, 0.25) is 5.02 Å². The Labute approximate surface area is 123 Å². The first-order valence-electron chi connectivity index (χ1n) is 6.77. The lowest BCUT2D eigenvalue weighted by molar-refractivity contribution is 0.297. The largest absolute Gasteiger partial charge is 0.493 e. The number of carbonyl (C=O) groups excluding carboxylic acids is 1. The van der Waals surface area contributed by atoms with E-state index in [1.807, 2.05) is 6.92 Å². The van der Waals surface area contributed by atoms with Crippen LogP contribution in [0.4, 0.5) is 0 Å². The molecule has 0 bridgehead atoms. The fourth-order valence-electron chi connectivity index (χ4n) is 2.89. The van der Waals surface area contributed by atoms with Crippen LogP contribution in [0.5, 0.6) is 11.5 Å². The van der Waals surface area contributed by atoms with Crippen molar-refractivity contribution < 1.29 is 14.3 Å². The molecule has 0 radical (unpaired) electrons. The van der Waals surface area contributed by atoms with Gasteiger partial charge in [0.15, 0.2) is 11.5 Å². The molecule has 2 rings (SSSR count). The second-order valence-electron chi connectivity index (χ2n) is 4.83. The Kier molecular flexibility index (Phi) is 4.69. The Morgan fingerprint density at radius 3 is 2.65 bits per heavy atom. The van der Waals surface area contributed by atoms with Gasteiger partial charge in [-0.3, -0.25) is 0 Å². The van der Waals surface area contributed by atoms with E-state index in [1.54, 1.807) is 25.3 Å². The highest BCUT2D eigenvalue weighted by molar-refractivity contribution is 6.31. The molecule has 0 unspecified atom stereocenters. The lowest BCUT2D eigenvalue weighted by Crippen LogP contribution is -2.21. The van der Waals surface area contributed by atoms with Gasteiger partial charge < -0.3 is 9.47 Å². The average molecular weight is 296 g/mol. The van der Waals surface area contributed by atoms with Gasteiger partial charge in [-0.05, 0) is 31.9 Å². The van der Waals surface area contributed by atoms with Gasteiger partial charge >= 0.3 is 0 Å². The number of ether oxygens (including phenoxy) is 2. The number of isocyanates is 1. The van der Waals surface area contributed by atoms with E-state index in [-0.39, 0.29) is 0 Å². The van der Waals surface area contributed by atoms with E-state index in [0.717, 1.165) is 31.2 Å². The molecular weight excluding hydrogens is 278 g/mol. The highest BCUT2D eigenvalue weighted by Gasteiger charge is 2.40. The summed E-state index contributed by atoms with van der Waals surface area (Å²) in [6.45, 7) is 2.39. The van der Waals surface area contributed by atoms with Crippen LogP contribution in [0, 0.1) is 0 Å². The number of rotatable bonds is 5. The van der Waals surface area contributed by atoms with Crippen molar-refractivity contribution in [3.05, 3.63) is 22.7 Å². The Bertz CT molecular complexity index is 532. The van der Waals surface area contributed by atoms with Crippen LogP contribution >= 0.6 is 11.6 Å². The van der Waals surface area contributed by atoms with Crippen molar-refractivity contribution in [1.82, 2.24) is 0 Å². The van der Waals surface area contributed by atoms with Gasteiger partial charge in [0.25, 0.3) is 0 Å². The zero-order valence-corrected chi connectivity index (χ0v) is 12.5. The van der Waals surface area contributed by atoms with Crippen molar-refractivity contribution in [1.29, 1.82) is 0 Å². The smallest absolute Gasteiger partial charge is 0.235 e. The van der Waals surface area contributed by atoms with Crippen LogP contribution in [0.3, 0.4) is 0 Å². The number of methoxy groups -OCH3 is 1. The molecule has 1 aliphatic rings. The van der Waals surface area contributed by atoms with Crippen LogP contribution < -0.4 is 9.47 Å². The third-order valence-corrected chi connectivity index (χ3v) is 4.05. The molecule has 0 amide bonds. The number of nitrogens with zero attached hydrogens (tertiary/aromatic N) is 1. The minimum absolute atomic E-state index is 0.491. The summed E-state index contributed by atoms with van der Waals surface area (Å²) in [5.41, 5.74) is 0.124. The normalized spacial score (nSPS) is 16.6. The fraction of sp³-hybridized carbons (Fsp3) is 0.533. The monoisotopic (exact) mass is 295 g/mol. The highest BCUT2D eigenvalue weighted by Crippen LogP contribution is 2.51. The summed E-state index contributed by atoms with van der Waals surface area (Å²) < 4.78 is 11.1. The van der Waals surface area contributed by atoms with Crippen molar-refractivity contribution in [3.8, 4) is 11.5 Å². The number of halogens is 1. The highest BCUT2D eigenvalue weighted by atomic mass is 35.5. The first-order chi connectivity index (χ1) is 9.68. The zero-order chi connectivity index (χ0) is 14.6. The van der Waals surface area contributed by atoms with E-state index in [0.29, 0.717) is 23.1 Å². The molecule has 1 aliphatic carbocycles. The van der Waals surface area contributed by atoms with E-state index in [2.05, 4.69) is 4.99 Å². The second kappa shape index (κ2) is 6.29. The zero-order valence-electron chi connectivity index (χ0n) is 11.7. The van der Waals surface area contributed by atoms with Crippen LogP contribution in [-0.4, -0.2) is 19.8 Å². The number of benzene rings is 1. The fourth-order valence-corrected chi connectivity index (χ4v) is 3.21.